The zero-order chi connectivity index (χ0) is 31.4. The lowest BCUT2D eigenvalue weighted by atomic mass is 9.87. The zero-order valence-electron chi connectivity index (χ0n) is 26.7. The second kappa shape index (κ2) is 13.2. The van der Waals surface area contributed by atoms with Gasteiger partial charge in [0.15, 0.2) is 0 Å². The molecule has 3 aromatic carbocycles. The van der Waals surface area contributed by atoms with E-state index in [1.54, 1.807) is 0 Å². The Morgan fingerprint density at radius 1 is 0.933 bits per heavy atom. The largest absolute Gasteiger partial charge is 0.445 e. The van der Waals surface area contributed by atoms with Crippen LogP contribution in [0, 0.1) is 6.92 Å². The van der Waals surface area contributed by atoms with Crippen LogP contribution in [0.2, 0.25) is 0 Å². The van der Waals surface area contributed by atoms with Gasteiger partial charge in [-0.15, -0.1) is 0 Å². The normalized spacial score (nSPS) is 14.2. The molecule has 9 heteroatoms. The topological polar surface area (TPSA) is 91.3 Å². The van der Waals surface area contributed by atoms with Crippen LogP contribution in [-0.4, -0.2) is 63.2 Å². The van der Waals surface area contributed by atoms with Gasteiger partial charge in [0.05, 0.1) is 16.9 Å². The number of H-pyrrole nitrogens is 1. The van der Waals surface area contributed by atoms with Gasteiger partial charge >= 0.3 is 6.09 Å². The quantitative estimate of drug-likeness (QED) is 0.206. The number of rotatable bonds is 9. The summed E-state index contributed by atoms with van der Waals surface area (Å²) in [7, 11) is 0. The second-order valence-corrected chi connectivity index (χ2v) is 12.8. The maximum atomic E-state index is 12.1. The van der Waals surface area contributed by atoms with Crippen LogP contribution in [0.5, 0.6) is 0 Å². The molecule has 1 aliphatic heterocycles. The van der Waals surface area contributed by atoms with Crippen LogP contribution >= 0.6 is 0 Å². The maximum Gasteiger partial charge on any atom is 0.407 e. The summed E-state index contributed by atoms with van der Waals surface area (Å²) < 4.78 is 7.40. The number of aromatic amines is 1. The summed E-state index contributed by atoms with van der Waals surface area (Å²) in [5, 5.41) is 2.84. The second-order valence-electron chi connectivity index (χ2n) is 12.8. The molecule has 9 nitrogen and oxygen atoms in total. The number of alkyl carbamates (subject to hydrolysis) is 1. The van der Waals surface area contributed by atoms with Crippen molar-refractivity contribution in [2.45, 2.75) is 52.8 Å². The highest BCUT2D eigenvalue weighted by Crippen LogP contribution is 2.30. The van der Waals surface area contributed by atoms with Crippen molar-refractivity contribution in [3.63, 3.8) is 0 Å². The fourth-order valence-electron chi connectivity index (χ4n) is 5.84. The molecule has 1 amide bonds. The highest BCUT2D eigenvalue weighted by atomic mass is 16.5. The number of benzene rings is 3. The third-order valence-electron chi connectivity index (χ3n) is 8.48. The number of fused-ring (bicyclic) bond motifs is 1. The zero-order valence-corrected chi connectivity index (χ0v) is 26.7. The van der Waals surface area contributed by atoms with E-state index in [0.29, 0.717) is 13.1 Å². The predicted octanol–water partition coefficient (Wildman–Crippen LogP) is 6.28. The molecule has 0 aliphatic carbocycles. The minimum absolute atomic E-state index is 0.123. The molecule has 0 spiro atoms. The van der Waals surface area contributed by atoms with Crippen molar-refractivity contribution in [3.05, 3.63) is 102 Å². The maximum absolute atomic E-state index is 12.1. The van der Waals surface area contributed by atoms with Crippen LogP contribution < -0.4 is 10.2 Å². The van der Waals surface area contributed by atoms with Crippen molar-refractivity contribution in [2.75, 3.05) is 37.6 Å². The molecule has 2 N–H and O–H groups in total. The Morgan fingerprint density at radius 2 is 1.69 bits per heavy atom. The van der Waals surface area contributed by atoms with Crippen LogP contribution in [0.4, 0.5) is 10.5 Å². The average Bonchev–Trinajstić information content (AvgIpc) is 3.63. The first-order chi connectivity index (χ1) is 21.7. The summed E-state index contributed by atoms with van der Waals surface area (Å²) >= 11 is 0. The number of hydrogen-bond donors (Lipinski definition) is 2. The van der Waals surface area contributed by atoms with E-state index in [1.807, 2.05) is 37.3 Å². The van der Waals surface area contributed by atoms with E-state index in [1.165, 1.54) is 11.3 Å². The van der Waals surface area contributed by atoms with Gasteiger partial charge in [-0.25, -0.2) is 14.8 Å². The number of para-hydroxylation sites is 1. The summed E-state index contributed by atoms with van der Waals surface area (Å²) in [5.41, 5.74) is 7.81. The van der Waals surface area contributed by atoms with Crippen molar-refractivity contribution >= 4 is 22.8 Å². The number of imidazole rings is 2. The number of nitrogens with zero attached hydrogens (tertiary/aromatic N) is 5. The molecular weight excluding hydrogens is 562 g/mol. The van der Waals surface area contributed by atoms with E-state index in [2.05, 4.69) is 94.1 Å². The highest BCUT2D eigenvalue weighted by molar-refractivity contribution is 5.91. The lowest BCUT2D eigenvalue weighted by Gasteiger charge is -2.35. The number of amides is 1. The van der Waals surface area contributed by atoms with Gasteiger partial charge in [0.25, 0.3) is 0 Å². The molecule has 6 rings (SSSR count). The van der Waals surface area contributed by atoms with Crippen LogP contribution in [0.25, 0.3) is 22.4 Å². The number of ether oxygens (including phenoxy) is 1. The minimum atomic E-state index is -0.411. The molecule has 45 heavy (non-hydrogen) atoms. The van der Waals surface area contributed by atoms with Gasteiger partial charge in [0.1, 0.15) is 23.8 Å². The number of hydrogen-bond acceptors (Lipinski definition) is 6. The molecule has 5 aromatic rings. The highest BCUT2D eigenvalue weighted by Gasteiger charge is 2.22. The van der Waals surface area contributed by atoms with Crippen molar-refractivity contribution in [1.29, 1.82) is 0 Å². The first-order valence-electron chi connectivity index (χ1n) is 15.8. The SMILES string of the molecule is Cc1nc(CN2CCN(c3cccc4[nH]c(-c5ccc(C(C)(C)C)cc5)nc34)CC2)cn1CCNC(=O)OCc1ccccc1. The summed E-state index contributed by atoms with van der Waals surface area (Å²) in [4.78, 5) is 30.4. The Labute approximate surface area is 265 Å². The van der Waals surface area contributed by atoms with E-state index in [9.17, 15) is 4.79 Å². The lowest BCUT2D eigenvalue weighted by molar-refractivity contribution is 0.139. The number of anilines is 1. The Hall–Kier alpha value is -4.63. The molecule has 1 aliphatic rings. The molecule has 2 aromatic heterocycles. The van der Waals surface area contributed by atoms with E-state index < -0.39 is 6.09 Å². The van der Waals surface area contributed by atoms with Gasteiger partial charge < -0.3 is 24.5 Å². The van der Waals surface area contributed by atoms with Gasteiger partial charge in [-0.2, -0.15) is 0 Å². The number of carbonyl (C=O) groups is 1. The summed E-state index contributed by atoms with van der Waals surface area (Å²) in [5.74, 6) is 1.85. The summed E-state index contributed by atoms with van der Waals surface area (Å²) in [6.45, 7) is 14.6. The number of aromatic nitrogens is 4. The molecule has 3 heterocycles. The summed E-state index contributed by atoms with van der Waals surface area (Å²) in [6, 6.07) is 24.8. The number of carbonyl (C=O) groups excluding carboxylic acids is 1. The van der Waals surface area contributed by atoms with E-state index in [0.717, 1.165) is 72.2 Å². The Bertz CT molecular complexity index is 1730. The van der Waals surface area contributed by atoms with Crippen molar-refractivity contribution in [3.8, 4) is 11.4 Å². The standard InChI is InChI=1S/C36H43N7O2/c1-26-38-30(24-43(26)18-17-37-35(44)45-25-27-9-6-5-7-10-27)23-41-19-21-42(22-20-41)32-12-8-11-31-33(32)40-34(39-31)28-13-15-29(16-14-28)36(2,3)4/h5-16,24H,17-23,25H2,1-4H3,(H,37,44)(H,39,40). The molecule has 234 valence electrons. The Balaban J connectivity index is 1.01. The average molecular weight is 606 g/mol. The van der Waals surface area contributed by atoms with Crippen LogP contribution in [0.1, 0.15) is 43.4 Å². The third-order valence-corrected chi connectivity index (χ3v) is 8.48. The van der Waals surface area contributed by atoms with Crippen molar-refractivity contribution in [1.82, 2.24) is 29.7 Å². The van der Waals surface area contributed by atoms with Gasteiger partial charge in [0, 0.05) is 57.6 Å². The minimum Gasteiger partial charge on any atom is -0.445 e. The van der Waals surface area contributed by atoms with Crippen LogP contribution in [0.3, 0.4) is 0 Å². The molecular formula is C36H43N7O2. The van der Waals surface area contributed by atoms with Gasteiger partial charge in [-0.1, -0.05) is 81.4 Å². The number of aryl methyl sites for hydroxylation is 1. The molecule has 1 fully saturated rings. The first kappa shape index (κ1) is 30.4. The van der Waals surface area contributed by atoms with Crippen LogP contribution in [-0.2, 0) is 29.8 Å². The van der Waals surface area contributed by atoms with Gasteiger partial charge in [0.2, 0.25) is 0 Å². The Morgan fingerprint density at radius 3 is 2.42 bits per heavy atom. The molecule has 1 saturated heterocycles. The van der Waals surface area contributed by atoms with Crippen molar-refractivity contribution < 1.29 is 9.53 Å². The van der Waals surface area contributed by atoms with E-state index >= 15 is 0 Å². The molecule has 0 saturated carbocycles. The number of nitrogens with one attached hydrogen (secondary N) is 2. The molecule has 0 bridgehead atoms. The van der Waals surface area contributed by atoms with E-state index in [4.69, 9.17) is 14.7 Å². The molecule has 0 unspecified atom stereocenters. The van der Waals surface area contributed by atoms with Crippen LogP contribution in [0.15, 0.2) is 79.0 Å². The fourth-order valence-corrected chi connectivity index (χ4v) is 5.84. The molecule has 0 radical (unpaired) electrons. The van der Waals surface area contributed by atoms with E-state index in [-0.39, 0.29) is 12.0 Å². The fraction of sp³-hybridized carbons (Fsp3) is 0.361. The lowest BCUT2D eigenvalue weighted by Crippen LogP contribution is -2.46. The molecule has 0 atom stereocenters. The van der Waals surface area contributed by atoms with Gasteiger partial charge in [-0.05, 0) is 35.6 Å². The predicted molar refractivity (Wildman–Crippen MR) is 179 cm³/mol. The summed E-state index contributed by atoms with van der Waals surface area (Å²) in [6.07, 6.45) is 1.69. The van der Waals surface area contributed by atoms with Gasteiger partial charge in [-0.3, -0.25) is 4.90 Å². The third kappa shape index (κ3) is 7.37. The smallest absolute Gasteiger partial charge is 0.407 e. The van der Waals surface area contributed by atoms with Crippen molar-refractivity contribution in [2.24, 2.45) is 0 Å². The Kier molecular flexibility index (Phi) is 8.89. The first-order valence-corrected chi connectivity index (χ1v) is 15.8. The monoisotopic (exact) mass is 605 g/mol. The number of piperazine rings is 1.